The highest BCUT2D eigenvalue weighted by Crippen LogP contribution is 1.93. The smallest absolute Gasteiger partial charge is 0.220 e. The zero-order valence-corrected chi connectivity index (χ0v) is 5.78. The van der Waals surface area contributed by atoms with Crippen molar-refractivity contribution in [2.75, 3.05) is 6.54 Å². The van der Waals surface area contributed by atoms with Gasteiger partial charge in [-0.3, -0.25) is 4.68 Å². The fourth-order valence-electron chi connectivity index (χ4n) is 0.708. The highest BCUT2D eigenvalue weighted by Gasteiger charge is 1.99. The summed E-state index contributed by atoms with van der Waals surface area (Å²) in [5.74, 6) is 0. The van der Waals surface area contributed by atoms with Crippen molar-refractivity contribution in [3.05, 3.63) is 23.3 Å². The largest absolute Gasteiger partial charge is 0.317 e. The summed E-state index contributed by atoms with van der Waals surface area (Å²) in [5.41, 5.74) is 1.01. The second-order valence-electron chi connectivity index (χ2n) is 1.98. The van der Waals surface area contributed by atoms with Gasteiger partial charge >= 0.3 is 0 Å². The lowest BCUT2D eigenvalue weighted by Gasteiger charge is -1.91. The molecular weight excluding hydrogens is 128 g/mol. The van der Waals surface area contributed by atoms with Crippen molar-refractivity contribution in [1.82, 2.24) is 15.0 Å². The average molecular weight is 136 g/mol. The molecule has 0 saturated heterocycles. The lowest BCUT2D eigenvalue weighted by atomic mass is 10.3. The van der Waals surface area contributed by atoms with E-state index < -0.39 is 0 Å². The van der Waals surface area contributed by atoms with Crippen LogP contribution in [0.1, 0.15) is 5.69 Å². The molecule has 1 aromatic rings. The third-order valence-electron chi connectivity index (χ3n) is 1.29. The number of aromatic nitrogens is 3. The van der Waals surface area contributed by atoms with E-state index in [0.717, 1.165) is 12.1 Å². The van der Waals surface area contributed by atoms with Crippen LogP contribution in [-0.4, -0.2) is 21.5 Å². The number of hydrogen-bond acceptors (Lipinski definition) is 2. The highest BCUT2D eigenvalue weighted by atomic mass is 15.4. The minimum atomic E-state index is 0.515. The summed E-state index contributed by atoms with van der Waals surface area (Å²) < 4.78 is 1.69. The molecule has 1 rings (SSSR count). The Hall–Kier alpha value is -1.37. The predicted octanol–water partition coefficient (Wildman–Crippen LogP) is 0.277. The first-order chi connectivity index (χ1) is 4.84. The monoisotopic (exact) mass is 136 g/mol. The topological polar surface area (TPSA) is 35.1 Å². The van der Waals surface area contributed by atoms with Gasteiger partial charge in [0.1, 0.15) is 0 Å². The standard InChI is InChI=1S/C6H8N4/c1-7-4-3-6-5-8-9-10(6)2/h5H,3-4H2,2H3. The summed E-state index contributed by atoms with van der Waals surface area (Å²) in [5, 5.41) is 7.42. The Morgan fingerprint density at radius 3 is 3.10 bits per heavy atom. The molecule has 0 amide bonds. The molecule has 4 heteroatoms. The Balaban J connectivity index is 2.59. The number of rotatable bonds is 2. The lowest BCUT2D eigenvalue weighted by molar-refractivity contribution is 0.680. The summed E-state index contributed by atoms with van der Waals surface area (Å²) in [6.45, 7) is 7.07. The van der Waals surface area contributed by atoms with Gasteiger partial charge in [-0.05, 0) is 0 Å². The summed E-state index contributed by atoms with van der Waals surface area (Å²) in [7, 11) is 1.83. The van der Waals surface area contributed by atoms with E-state index in [-0.39, 0.29) is 0 Å². The molecule has 0 atom stereocenters. The number of hydrogen-bond donors (Lipinski definition) is 0. The predicted molar refractivity (Wildman–Crippen MR) is 36.2 cm³/mol. The van der Waals surface area contributed by atoms with Crippen LogP contribution in [0, 0.1) is 6.57 Å². The van der Waals surface area contributed by atoms with Gasteiger partial charge in [-0.15, -0.1) is 5.10 Å². The quantitative estimate of drug-likeness (QED) is 0.547. The second kappa shape index (κ2) is 2.97. The highest BCUT2D eigenvalue weighted by molar-refractivity contribution is 4.94. The first-order valence-electron chi connectivity index (χ1n) is 3.01. The third kappa shape index (κ3) is 1.32. The minimum absolute atomic E-state index is 0.515. The Bertz CT molecular complexity index is 244. The summed E-state index contributed by atoms with van der Waals surface area (Å²) in [6.07, 6.45) is 2.43. The first kappa shape index (κ1) is 6.75. The van der Waals surface area contributed by atoms with E-state index in [1.807, 2.05) is 7.05 Å². The van der Waals surface area contributed by atoms with Crippen LogP contribution in [0.25, 0.3) is 4.85 Å². The van der Waals surface area contributed by atoms with Crippen molar-refractivity contribution in [3.63, 3.8) is 0 Å². The van der Waals surface area contributed by atoms with Crippen LogP contribution >= 0.6 is 0 Å². The van der Waals surface area contributed by atoms with Crippen molar-refractivity contribution in [1.29, 1.82) is 0 Å². The van der Waals surface area contributed by atoms with Crippen LogP contribution in [0.15, 0.2) is 6.20 Å². The molecule has 0 fully saturated rings. The lowest BCUT2D eigenvalue weighted by Crippen LogP contribution is -1.99. The van der Waals surface area contributed by atoms with E-state index in [2.05, 4.69) is 15.2 Å². The maximum absolute atomic E-state index is 6.55. The summed E-state index contributed by atoms with van der Waals surface area (Å²) in [6, 6.07) is 0. The molecule has 10 heavy (non-hydrogen) atoms. The average Bonchev–Trinajstić information content (AvgIpc) is 2.31. The molecular formula is C6H8N4. The minimum Gasteiger partial charge on any atom is -0.317 e. The summed E-state index contributed by atoms with van der Waals surface area (Å²) in [4.78, 5) is 3.23. The molecule has 1 aromatic heterocycles. The second-order valence-corrected chi connectivity index (χ2v) is 1.98. The van der Waals surface area contributed by atoms with E-state index in [1.54, 1.807) is 10.9 Å². The van der Waals surface area contributed by atoms with Crippen LogP contribution in [-0.2, 0) is 13.5 Å². The van der Waals surface area contributed by atoms with Gasteiger partial charge in [0.05, 0.1) is 18.3 Å². The first-order valence-corrected chi connectivity index (χ1v) is 3.01. The van der Waals surface area contributed by atoms with Crippen molar-refractivity contribution >= 4 is 0 Å². The van der Waals surface area contributed by atoms with Gasteiger partial charge in [0.25, 0.3) is 0 Å². The Labute approximate surface area is 59.3 Å². The van der Waals surface area contributed by atoms with Crippen LogP contribution in [0.2, 0.25) is 0 Å². The molecule has 0 aromatic carbocycles. The molecule has 0 spiro atoms. The van der Waals surface area contributed by atoms with Crippen molar-refractivity contribution in [2.24, 2.45) is 7.05 Å². The van der Waals surface area contributed by atoms with E-state index in [0.29, 0.717) is 6.54 Å². The van der Waals surface area contributed by atoms with Gasteiger partial charge in [0.2, 0.25) is 6.54 Å². The van der Waals surface area contributed by atoms with Crippen LogP contribution in [0.4, 0.5) is 0 Å². The molecule has 0 aliphatic heterocycles. The van der Waals surface area contributed by atoms with Gasteiger partial charge in [-0.1, -0.05) is 5.21 Å². The van der Waals surface area contributed by atoms with E-state index >= 15 is 0 Å². The van der Waals surface area contributed by atoms with Crippen molar-refractivity contribution in [2.45, 2.75) is 6.42 Å². The van der Waals surface area contributed by atoms with Crippen LogP contribution in [0.5, 0.6) is 0 Å². The van der Waals surface area contributed by atoms with E-state index in [1.165, 1.54) is 0 Å². The zero-order chi connectivity index (χ0) is 7.40. The number of aryl methyl sites for hydroxylation is 1. The maximum atomic E-state index is 6.55. The Morgan fingerprint density at radius 2 is 2.60 bits per heavy atom. The van der Waals surface area contributed by atoms with E-state index in [9.17, 15) is 0 Å². The molecule has 1 heterocycles. The third-order valence-corrected chi connectivity index (χ3v) is 1.29. The molecule has 0 radical (unpaired) electrons. The van der Waals surface area contributed by atoms with Crippen molar-refractivity contribution in [3.8, 4) is 0 Å². The SMILES string of the molecule is [C-]#[N+]CCc1cnnn1C. The molecule has 0 saturated carbocycles. The van der Waals surface area contributed by atoms with Gasteiger partial charge < -0.3 is 4.85 Å². The van der Waals surface area contributed by atoms with Gasteiger partial charge in [-0.25, -0.2) is 6.57 Å². The van der Waals surface area contributed by atoms with Gasteiger partial charge in [0, 0.05) is 7.05 Å². The Kier molecular flexibility index (Phi) is 2.00. The summed E-state index contributed by atoms with van der Waals surface area (Å²) >= 11 is 0. The fourth-order valence-corrected chi connectivity index (χ4v) is 0.708. The molecule has 52 valence electrons. The Morgan fingerprint density at radius 1 is 1.80 bits per heavy atom. The number of nitrogens with zero attached hydrogens (tertiary/aromatic N) is 4. The molecule has 0 unspecified atom stereocenters. The zero-order valence-electron chi connectivity index (χ0n) is 5.78. The normalized spacial score (nSPS) is 9.20. The van der Waals surface area contributed by atoms with Crippen LogP contribution in [0.3, 0.4) is 0 Å². The fraction of sp³-hybridized carbons (Fsp3) is 0.500. The molecule has 0 N–H and O–H groups in total. The molecule has 0 aliphatic carbocycles. The van der Waals surface area contributed by atoms with E-state index in [4.69, 9.17) is 6.57 Å². The van der Waals surface area contributed by atoms with Gasteiger partial charge in [-0.2, -0.15) is 0 Å². The molecule has 4 nitrogen and oxygen atoms in total. The molecule has 0 bridgehead atoms. The molecule has 0 aliphatic rings. The maximum Gasteiger partial charge on any atom is 0.220 e. The van der Waals surface area contributed by atoms with Crippen LogP contribution < -0.4 is 0 Å². The van der Waals surface area contributed by atoms with Gasteiger partial charge in [0.15, 0.2) is 0 Å². The van der Waals surface area contributed by atoms with Crippen molar-refractivity contribution < 1.29 is 0 Å².